The Bertz CT molecular complexity index is 643. The number of fused-ring (bicyclic) bond motifs is 1. The van der Waals surface area contributed by atoms with Crippen LogP contribution in [0, 0.1) is 16.0 Å². The number of anilines is 1. The molecule has 1 amide bonds. The fraction of sp³-hybridized carbons (Fsp3) is 0.467. The number of nitro benzene ring substituents is 1. The molecule has 8 heteroatoms. The van der Waals surface area contributed by atoms with E-state index in [1.807, 2.05) is 0 Å². The van der Waals surface area contributed by atoms with Crippen LogP contribution >= 0.6 is 0 Å². The van der Waals surface area contributed by atoms with Crippen molar-refractivity contribution in [3.05, 3.63) is 28.3 Å². The maximum atomic E-state index is 12.5. The molecule has 0 saturated heterocycles. The fourth-order valence-corrected chi connectivity index (χ4v) is 2.31. The van der Waals surface area contributed by atoms with Crippen molar-refractivity contribution in [2.45, 2.75) is 26.9 Å². The molecule has 0 bridgehead atoms. The minimum Gasteiger partial charge on any atom is -0.478 e. The van der Waals surface area contributed by atoms with Gasteiger partial charge in [0.15, 0.2) is 11.9 Å². The zero-order valence-corrected chi connectivity index (χ0v) is 13.1. The van der Waals surface area contributed by atoms with E-state index in [0.717, 1.165) is 0 Å². The zero-order chi connectivity index (χ0) is 17.1. The van der Waals surface area contributed by atoms with E-state index in [2.05, 4.69) is 0 Å². The van der Waals surface area contributed by atoms with E-state index in [9.17, 15) is 19.7 Å². The Kier molecular flexibility index (Phi) is 4.83. The first-order valence-corrected chi connectivity index (χ1v) is 7.27. The SMILES string of the molecule is CCOC(=O)CN1C(=O)C(C(C)C)Oc2cc([N+](=O)[O-])ccc21. The molecule has 0 aromatic heterocycles. The average Bonchev–Trinajstić information content (AvgIpc) is 2.49. The van der Waals surface area contributed by atoms with Crippen molar-refractivity contribution in [1.82, 2.24) is 0 Å². The number of nitrogens with zero attached hydrogens (tertiary/aromatic N) is 2. The number of benzene rings is 1. The average molecular weight is 322 g/mol. The largest absolute Gasteiger partial charge is 0.478 e. The normalized spacial score (nSPS) is 16.8. The lowest BCUT2D eigenvalue weighted by molar-refractivity contribution is -0.384. The quantitative estimate of drug-likeness (QED) is 0.466. The van der Waals surface area contributed by atoms with Crippen LogP contribution in [0.1, 0.15) is 20.8 Å². The van der Waals surface area contributed by atoms with E-state index in [-0.39, 0.29) is 36.4 Å². The lowest BCUT2D eigenvalue weighted by Crippen LogP contribution is -2.50. The molecule has 1 aromatic carbocycles. The molecule has 1 heterocycles. The van der Waals surface area contributed by atoms with Crippen LogP contribution in [0.5, 0.6) is 5.75 Å². The van der Waals surface area contributed by atoms with Crippen LogP contribution in [-0.2, 0) is 14.3 Å². The Morgan fingerprint density at radius 2 is 2.17 bits per heavy atom. The maximum absolute atomic E-state index is 12.5. The Morgan fingerprint density at radius 3 is 2.74 bits per heavy atom. The van der Waals surface area contributed by atoms with Gasteiger partial charge in [-0.05, 0) is 18.9 Å². The second-order valence-electron chi connectivity index (χ2n) is 5.42. The Labute approximate surface area is 133 Å². The summed E-state index contributed by atoms with van der Waals surface area (Å²) in [5.74, 6) is -0.856. The van der Waals surface area contributed by atoms with Gasteiger partial charge in [-0.25, -0.2) is 0 Å². The number of esters is 1. The van der Waals surface area contributed by atoms with E-state index in [1.165, 1.54) is 23.1 Å². The number of hydrogen-bond acceptors (Lipinski definition) is 6. The molecule has 1 atom stereocenters. The Morgan fingerprint density at radius 1 is 1.48 bits per heavy atom. The van der Waals surface area contributed by atoms with Crippen LogP contribution in [0.15, 0.2) is 18.2 Å². The highest BCUT2D eigenvalue weighted by Crippen LogP contribution is 2.38. The predicted molar refractivity (Wildman–Crippen MR) is 81.3 cm³/mol. The summed E-state index contributed by atoms with van der Waals surface area (Å²) >= 11 is 0. The van der Waals surface area contributed by atoms with Crippen LogP contribution in [0.4, 0.5) is 11.4 Å². The maximum Gasteiger partial charge on any atom is 0.326 e. The van der Waals surface area contributed by atoms with Gasteiger partial charge in [0.25, 0.3) is 11.6 Å². The van der Waals surface area contributed by atoms with Crippen molar-refractivity contribution in [3.63, 3.8) is 0 Å². The molecule has 0 saturated carbocycles. The molecule has 1 aliphatic heterocycles. The van der Waals surface area contributed by atoms with Crippen molar-refractivity contribution >= 4 is 23.3 Å². The second kappa shape index (κ2) is 6.64. The van der Waals surface area contributed by atoms with E-state index in [0.29, 0.717) is 5.69 Å². The molecule has 0 fully saturated rings. The Balaban J connectivity index is 2.42. The molecule has 0 aliphatic carbocycles. The number of non-ortho nitro benzene ring substituents is 1. The molecule has 2 rings (SSSR count). The van der Waals surface area contributed by atoms with Gasteiger partial charge in [-0.15, -0.1) is 0 Å². The summed E-state index contributed by atoms with van der Waals surface area (Å²) in [7, 11) is 0. The van der Waals surface area contributed by atoms with Gasteiger partial charge in [-0.1, -0.05) is 13.8 Å². The summed E-state index contributed by atoms with van der Waals surface area (Å²) in [6.45, 7) is 5.22. The van der Waals surface area contributed by atoms with Gasteiger partial charge < -0.3 is 9.47 Å². The summed E-state index contributed by atoms with van der Waals surface area (Å²) in [6.07, 6.45) is -0.807. The van der Waals surface area contributed by atoms with Gasteiger partial charge in [0.1, 0.15) is 6.54 Å². The first-order chi connectivity index (χ1) is 10.8. The van der Waals surface area contributed by atoms with Gasteiger partial charge in [-0.2, -0.15) is 0 Å². The summed E-state index contributed by atoms with van der Waals surface area (Å²) < 4.78 is 10.5. The van der Waals surface area contributed by atoms with Gasteiger partial charge in [0.05, 0.1) is 23.3 Å². The molecule has 0 N–H and O–H groups in total. The number of ether oxygens (including phenoxy) is 2. The third-order valence-electron chi connectivity index (χ3n) is 3.41. The van der Waals surface area contributed by atoms with Crippen LogP contribution < -0.4 is 9.64 Å². The molecular formula is C15H18N2O6. The smallest absolute Gasteiger partial charge is 0.326 e. The van der Waals surface area contributed by atoms with Crippen molar-refractivity contribution in [3.8, 4) is 5.75 Å². The van der Waals surface area contributed by atoms with E-state index < -0.39 is 17.0 Å². The second-order valence-corrected chi connectivity index (χ2v) is 5.42. The number of hydrogen-bond donors (Lipinski definition) is 0. The lowest BCUT2D eigenvalue weighted by atomic mass is 10.0. The van der Waals surface area contributed by atoms with Crippen molar-refractivity contribution in [1.29, 1.82) is 0 Å². The van der Waals surface area contributed by atoms with Gasteiger partial charge >= 0.3 is 5.97 Å². The van der Waals surface area contributed by atoms with Crippen molar-refractivity contribution < 1.29 is 24.0 Å². The highest BCUT2D eigenvalue weighted by molar-refractivity contribution is 6.03. The standard InChI is InChI=1S/C15H18N2O6/c1-4-22-13(18)8-16-11-6-5-10(17(20)21)7-12(11)23-14(9(2)3)15(16)19/h5-7,9,14H,4,8H2,1-3H3. The molecule has 0 spiro atoms. The third kappa shape index (κ3) is 3.41. The van der Waals surface area contributed by atoms with Gasteiger partial charge in [-0.3, -0.25) is 24.6 Å². The molecule has 124 valence electrons. The summed E-state index contributed by atoms with van der Waals surface area (Å²) in [4.78, 5) is 35.9. The first-order valence-electron chi connectivity index (χ1n) is 7.27. The molecule has 8 nitrogen and oxygen atoms in total. The summed E-state index contributed by atoms with van der Waals surface area (Å²) in [6, 6.07) is 3.93. The minimum atomic E-state index is -0.807. The summed E-state index contributed by atoms with van der Waals surface area (Å²) in [5.41, 5.74) is 0.183. The van der Waals surface area contributed by atoms with E-state index in [4.69, 9.17) is 9.47 Å². The molecule has 0 radical (unpaired) electrons. The first kappa shape index (κ1) is 16.7. The van der Waals surface area contributed by atoms with E-state index in [1.54, 1.807) is 20.8 Å². The van der Waals surface area contributed by atoms with Crippen molar-refractivity contribution in [2.75, 3.05) is 18.1 Å². The minimum absolute atomic E-state index is 0.142. The van der Waals surface area contributed by atoms with Gasteiger partial charge in [0, 0.05) is 6.07 Å². The van der Waals surface area contributed by atoms with Crippen LogP contribution in [0.3, 0.4) is 0 Å². The van der Waals surface area contributed by atoms with Crippen LogP contribution in [0.2, 0.25) is 0 Å². The summed E-state index contributed by atoms with van der Waals surface area (Å²) in [5, 5.41) is 10.9. The van der Waals surface area contributed by atoms with Crippen molar-refractivity contribution in [2.24, 2.45) is 5.92 Å². The zero-order valence-electron chi connectivity index (χ0n) is 13.1. The number of nitro groups is 1. The fourth-order valence-electron chi connectivity index (χ4n) is 2.31. The Hall–Kier alpha value is -2.64. The van der Waals surface area contributed by atoms with Crippen LogP contribution in [-0.4, -0.2) is 36.1 Å². The highest BCUT2D eigenvalue weighted by Gasteiger charge is 2.38. The molecule has 23 heavy (non-hydrogen) atoms. The third-order valence-corrected chi connectivity index (χ3v) is 3.41. The topological polar surface area (TPSA) is 99.0 Å². The highest BCUT2D eigenvalue weighted by atomic mass is 16.6. The molecular weight excluding hydrogens is 304 g/mol. The number of amides is 1. The number of carbonyl (C=O) groups is 2. The molecule has 1 aromatic rings. The molecule has 1 unspecified atom stereocenters. The number of rotatable bonds is 5. The van der Waals surface area contributed by atoms with Crippen LogP contribution in [0.25, 0.3) is 0 Å². The molecule has 1 aliphatic rings. The van der Waals surface area contributed by atoms with E-state index >= 15 is 0 Å². The number of carbonyl (C=O) groups excluding carboxylic acids is 2. The predicted octanol–water partition coefficient (Wildman–Crippen LogP) is 1.91. The van der Waals surface area contributed by atoms with Gasteiger partial charge in [0.2, 0.25) is 0 Å². The monoisotopic (exact) mass is 322 g/mol. The lowest BCUT2D eigenvalue weighted by Gasteiger charge is -2.35.